The van der Waals surface area contributed by atoms with Gasteiger partial charge in [-0.15, -0.1) is 0 Å². The highest BCUT2D eigenvalue weighted by molar-refractivity contribution is 5.80. The van der Waals surface area contributed by atoms with Gasteiger partial charge in [0.25, 0.3) is 0 Å². The molecule has 0 aliphatic carbocycles. The maximum Gasteiger partial charge on any atom is 0.191 e. The summed E-state index contributed by atoms with van der Waals surface area (Å²) in [7, 11) is 1.72. The third kappa shape index (κ3) is 9.78. The number of hydrogen-bond acceptors (Lipinski definition) is 4. The normalized spacial score (nSPS) is 16.9. The number of nitrogens with one attached hydrogen (secondary N) is 2. The molecule has 2 N–H and O–H groups in total. The van der Waals surface area contributed by atoms with Crippen LogP contribution in [-0.2, 0) is 6.54 Å². The van der Waals surface area contributed by atoms with Crippen LogP contribution >= 0.6 is 0 Å². The van der Waals surface area contributed by atoms with Gasteiger partial charge in [0.05, 0.1) is 7.11 Å². The fourth-order valence-electron chi connectivity index (χ4n) is 4.32. The number of aliphatic imine (C=N–C) groups is 1. The summed E-state index contributed by atoms with van der Waals surface area (Å²) < 4.78 is 5.26. The average molecular weight is 446 g/mol. The number of rotatable bonds is 13. The highest BCUT2D eigenvalue weighted by Gasteiger charge is 2.19. The summed E-state index contributed by atoms with van der Waals surface area (Å²) in [4.78, 5) is 9.98. The minimum absolute atomic E-state index is 0.440. The molecule has 6 heteroatoms. The fraction of sp³-hybridized carbons (Fsp3) is 0.731. The lowest BCUT2D eigenvalue weighted by Gasteiger charge is -2.31. The molecule has 182 valence electrons. The number of hydrogen-bond donors (Lipinski definition) is 2. The SMILES string of the molecule is CCNC(=NCC1CCN(Cc2ccc(OC)cc2)CC1)NC(C)CCCN(CC)CC. The summed E-state index contributed by atoms with van der Waals surface area (Å²) in [6.45, 7) is 17.5. The van der Waals surface area contributed by atoms with Gasteiger partial charge in [-0.1, -0.05) is 26.0 Å². The molecule has 2 rings (SSSR count). The second kappa shape index (κ2) is 15.1. The van der Waals surface area contributed by atoms with Crippen LogP contribution in [0.2, 0.25) is 0 Å². The van der Waals surface area contributed by atoms with Crippen LogP contribution in [0.4, 0.5) is 0 Å². The van der Waals surface area contributed by atoms with E-state index in [-0.39, 0.29) is 0 Å². The first-order valence-electron chi connectivity index (χ1n) is 12.7. The highest BCUT2D eigenvalue weighted by atomic mass is 16.5. The van der Waals surface area contributed by atoms with Crippen molar-refractivity contribution in [3.8, 4) is 5.75 Å². The molecular formula is C26H47N5O. The van der Waals surface area contributed by atoms with E-state index in [1.807, 2.05) is 0 Å². The third-order valence-corrected chi connectivity index (χ3v) is 6.51. The number of guanidine groups is 1. The van der Waals surface area contributed by atoms with Crippen LogP contribution in [0, 0.1) is 5.92 Å². The topological polar surface area (TPSA) is 52.1 Å². The Morgan fingerprint density at radius 1 is 1.16 bits per heavy atom. The molecule has 1 heterocycles. The van der Waals surface area contributed by atoms with Crippen molar-refractivity contribution in [3.63, 3.8) is 0 Å². The van der Waals surface area contributed by atoms with Crippen LogP contribution in [0.15, 0.2) is 29.3 Å². The van der Waals surface area contributed by atoms with E-state index in [0.717, 1.165) is 57.5 Å². The smallest absolute Gasteiger partial charge is 0.191 e. The van der Waals surface area contributed by atoms with Gasteiger partial charge in [0, 0.05) is 25.7 Å². The minimum atomic E-state index is 0.440. The van der Waals surface area contributed by atoms with Gasteiger partial charge in [-0.05, 0) is 95.9 Å². The predicted octanol–water partition coefficient (Wildman–Crippen LogP) is 3.97. The third-order valence-electron chi connectivity index (χ3n) is 6.51. The molecule has 1 unspecified atom stereocenters. The standard InChI is InChI=1S/C26H47N5O/c1-6-27-26(29-22(4)10-9-17-30(7-2)8-3)28-20-23-15-18-31(19-16-23)21-24-11-13-25(32-5)14-12-24/h11-14,22-23H,6-10,15-21H2,1-5H3,(H2,27,28,29). The predicted molar refractivity (Wildman–Crippen MR) is 137 cm³/mol. The summed E-state index contributed by atoms with van der Waals surface area (Å²) in [6.07, 6.45) is 4.84. The Balaban J connectivity index is 1.72. The lowest BCUT2D eigenvalue weighted by Crippen LogP contribution is -2.43. The number of piperidine rings is 1. The number of likely N-dealkylation sites (tertiary alicyclic amines) is 1. The Bertz CT molecular complexity index is 636. The first-order valence-corrected chi connectivity index (χ1v) is 12.7. The van der Waals surface area contributed by atoms with Crippen molar-refractivity contribution in [2.45, 2.75) is 66.0 Å². The molecule has 0 saturated carbocycles. The van der Waals surface area contributed by atoms with E-state index in [1.54, 1.807) is 7.11 Å². The number of benzene rings is 1. The largest absolute Gasteiger partial charge is 0.497 e. The van der Waals surface area contributed by atoms with Crippen molar-refractivity contribution in [3.05, 3.63) is 29.8 Å². The maximum absolute atomic E-state index is 5.26. The molecule has 6 nitrogen and oxygen atoms in total. The van der Waals surface area contributed by atoms with E-state index in [2.05, 4.69) is 72.4 Å². The van der Waals surface area contributed by atoms with Gasteiger partial charge in [-0.2, -0.15) is 0 Å². The zero-order chi connectivity index (χ0) is 23.2. The van der Waals surface area contributed by atoms with Crippen LogP contribution in [0.1, 0.15) is 58.9 Å². The zero-order valence-electron chi connectivity index (χ0n) is 21.2. The van der Waals surface area contributed by atoms with E-state index in [9.17, 15) is 0 Å². The van der Waals surface area contributed by atoms with Crippen molar-refractivity contribution in [2.24, 2.45) is 10.9 Å². The molecule has 1 aliphatic heterocycles. The molecule has 1 fully saturated rings. The summed E-state index contributed by atoms with van der Waals surface area (Å²) in [5.41, 5.74) is 1.36. The molecule has 1 saturated heterocycles. The molecular weight excluding hydrogens is 398 g/mol. The molecule has 0 radical (unpaired) electrons. The lowest BCUT2D eigenvalue weighted by atomic mass is 9.96. The fourth-order valence-corrected chi connectivity index (χ4v) is 4.32. The maximum atomic E-state index is 5.26. The molecule has 0 bridgehead atoms. The van der Waals surface area contributed by atoms with Gasteiger partial charge >= 0.3 is 0 Å². The first kappa shape index (κ1) is 26.5. The van der Waals surface area contributed by atoms with Crippen LogP contribution in [0.25, 0.3) is 0 Å². The second-order valence-electron chi connectivity index (χ2n) is 9.00. The number of methoxy groups -OCH3 is 1. The van der Waals surface area contributed by atoms with Crippen LogP contribution in [0.5, 0.6) is 5.75 Å². The van der Waals surface area contributed by atoms with Gasteiger partial charge in [0.1, 0.15) is 5.75 Å². The highest BCUT2D eigenvalue weighted by Crippen LogP contribution is 2.20. The van der Waals surface area contributed by atoms with Crippen LogP contribution in [-0.4, -0.2) is 74.7 Å². The van der Waals surface area contributed by atoms with Crippen molar-refractivity contribution in [1.29, 1.82) is 0 Å². The first-order chi connectivity index (χ1) is 15.6. The van der Waals surface area contributed by atoms with Crippen LogP contribution in [0.3, 0.4) is 0 Å². The molecule has 32 heavy (non-hydrogen) atoms. The van der Waals surface area contributed by atoms with Gasteiger partial charge in [-0.3, -0.25) is 9.89 Å². The van der Waals surface area contributed by atoms with Gasteiger partial charge in [0.2, 0.25) is 0 Å². The molecule has 0 spiro atoms. The summed E-state index contributed by atoms with van der Waals surface area (Å²) >= 11 is 0. The zero-order valence-corrected chi connectivity index (χ0v) is 21.2. The van der Waals surface area contributed by atoms with E-state index >= 15 is 0 Å². The van der Waals surface area contributed by atoms with Gasteiger partial charge in [-0.25, -0.2) is 0 Å². The quantitative estimate of drug-likeness (QED) is 0.355. The van der Waals surface area contributed by atoms with Crippen molar-refractivity contribution in [1.82, 2.24) is 20.4 Å². The molecule has 0 aromatic heterocycles. The molecule has 1 aromatic carbocycles. The second-order valence-corrected chi connectivity index (χ2v) is 9.00. The summed E-state index contributed by atoms with van der Waals surface area (Å²) in [5, 5.41) is 7.05. The summed E-state index contributed by atoms with van der Waals surface area (Å²) in [6, 6.07) is 8.89. The minimum Gasteiger partial charge on any atom is -0.497 e. The molecule has 1 atom stereocenters. The summed E-state index contributed by atoms with van der Waals surface area (Å²) in [5.74, 6) is 2.58. The lowest BCUT2D eigenvalue weighted by molar-refractivity contribution is 0.180. The number of nitrogens with zero attached hydrogens (tertiary/aromatic N) is 3. The Labute approximate surface area is 196 Å². The van der Waals surface area contributed by atoms with Gasteiger partial charge < -0.3 is 20.3 Å². The molecule has 1 aromatic rings. The van der Waals surface area contributed by atoms with E-state index in [1.165, 1.54) is 37.8 Å². The van der Waals surface area contributed by atoms with E-state index in [0.29, 0.717) is 12.0 Å². The molecule has 1 aliphatic rings. The van der Waals surface area contributed by atoms with Crippen LogP contribution < -0.4 is 15.4 Å². The Morgan fingerprint density at radius 3 is 2.44 bits per heavy atom. The Kier molecular flexibility index (Phi) is 12.5. The van der Waals surface area contributed by atoms with Crippen molar-refractivity contribution in [2.75, 3.05) is 52.9 Å². The van der Waals surface area contributed by atoms with E-state index < -0.39 is 0 Å². The average Bonchev–Trinajstić information content (AvgIpc) is 2.82. The van der Waals surface area contributed by atoms with Crippen molar-refractivity contribution < 1.29 is 4.74 Å². The van der Waals surface area contributed by atoms with Gasteiger partial charge in [0.15, 0.2) is 5.96 Å². The monoisotopic (exact) mass is 445 g/mol. The Morgan fingerprint density at radius 2 is 1.84 bits per heavy atom. The van der Waals surface area contributed by atoms with Crippen molar-refractivity contribution >= 4 is 5.96 Å². The van der Waals surface area contributed by atoms with E-state index in [4.69, 9.17) is 9.73 Å². The number of ether oxygens (including phenoxy) is 1. The Hall–Kier alpha value is -1.79. The molecule has 0 amide bonds.